The smallest absolute Gasteiger partial charge is 0.406 e. The van der Waals surface area contributed by atoms with Gasteiger partial charge in [0.2, 0.25) is 0 Å². The van der Waals surface area contributed by atoms with Crippen LogP contribution in [0.25, 0.3) is 11.2 Å². The lowest BCUT2D eigenvalue weighted by Crippen LogP contribution is -2.39. The van der Waals surface area contributed by atoms with Crippen LogP contribution in [0.4, 0.5) is 0 Å². The van der Waals surface area contributed by atoms with Crippen LogP contribution < -0.4 is 11.1 Å². The molecule has 19 heavy (non-hydrogen) atoms. The Morgan fingerprint density at radius 3 is 3.16 bits per heavy atom. The molecular formula is C13H19N3O3. The highest BCUT2D eigenvalue weighted by Gasteiger charge is 2.15. The van der Waals surface area contributed by atoms with E-state index < -0.39 is 0 Å². The van der Waals surface area contributed by atoms with Gasteiger partial charge < -0.3 is 14.5 Å². The number of pyridine rings is 1. The van der Waals surface area contributed by atoms with E-state index in [1.54, 1.807) is 30.0 Å². The fourth-order valence-corrected chi connectivity index (χ4v) is 2.01. The van der Waals surface area contributed by atoms with Crippen molar-refractivity contribution in [3.05, 3.63) is 28.9 Å². The van der Waals surface area contributed by atoms with Gasteiger partial charge in [-0.1, -0.05) is 6.92 Å². The number of nitrogens with one attached hydrogen (secondary N) is 1. The zero-order valence-electron chi connectivity index (χ0n) is 11.3. The minimum Gasteiger partial charge on any atom is -0.406 e. The van der Waals surface area contributed by atoms with E-state index >= 15 is 0 Å². The van der Waals surface area contributed by atoms with Crippen LogP contribution in [0.5, 0.6) is 0 Å². The number of aromatic nitrogens is 2. The molecule has 2 aromatic rings. The number of nitrogens with zero attached hydrogens (tertiary/aromatic N) is 2. The summed E-state index contributed by atoms with van der Waals surface area (Å²) in [5, 5.41) is 3.35. The summed E-state index contributed by atoms with van der Waals surface area (Å²) in [7, 11) is 1.65. The molecule has 0 amide bonds. The molecule has 2 heterocycles. The predicted molar refractivity (Wildman–Crippen MR) is 72.2 cm³/mol. The van der Waals surface area contributed by atoms with Gasteiger partial charge in [-0.05, 0) is 25.1 Å². The van der Waals surface area contributed by atoms with Crippen molar-refractivity contribution in [2.75, 3.05) is 20.3 Å². The van der Waals surface area contributed by atoms with Gasteiger partial charge in [-0.3, -0.25) is 4.57 Å². The molecule has 1 atom stereocenters. The molecule has 0 aliphatic rings. The molecule has 104 valence electrons. The molecule has 0 aliphatic carbocycles. The first-order valence-corrected chi connectivity index (χ1v) is 6.43. The molecule has 2 rings (SSSR count). The van der Waals surface area contributed by atoms with E-state index in [4.69, 9.17) is 9.15 Å². The molecule has 6 heteroatoms. The molecule has 1 unspecified atom stereocenters. The van der Waals surface area contributed by atoms with Crippen LogP contribution in [-0.4, -0.2) is 35.9 Å². The molecule has 0 fully saturated rings. The van der Waals surface area contributed by atoms with Crippen LogP contribution in [0.3, 0.4) is 0 Å². The number of hydrogen-bond donors (Lipinski definition) is 1. The van der Waals surface area contributed by atoms with Crippen molar-refractivity contribution >= 4 is 11.2 Å². The summed E-state index contributed by atoms with van der Waals surface area (Å²) in [6.07, 6.45) is 2.68. The molecular weight excluding hydrogens is 246 g/mol. The van der Waals surface area contributed by atoms with Crippen LogP contribution in [-0.2, 0) is 11.3 Å². The Hall–Kier alpha value is -1.66. The summed E-state index contributed by atoms with van der Waals surface area (Å²) in [5.41, 5.74) is 1.09. The Kier molecular flexibility index (Phi) is 4.70. The quantitative estimate of drug-likeness (QED) is 0.809. The highest BCUT2D eigenvalue weighted by molar-refractivity contribution is 5.67. The third-order valence-corrected chi connectivity index (χ3v) is 2.88. The second-order valence-electron chi connectivity index (χ2n) is 4.41. The fraction of sp³-hybridized carbons (Fsp3) is 0.538. The normalized spacial score (nSPS) is 12.9. The lowest BCUT2D eigenvalue weighted by molar-refractivity contribution is 0.158. The van der Waals surface area contributed by atoms with Crippen LogP contribution in [0.1, 0.15) is 13.3 Å². The summed E-state index contributed by atoms with van der Waals surface area (Å²) in [6, 6.07) is 3.55. The second-order valence-corrected chi connectivity index (χ2v) is 4.41. The minimum atomic E-state index is -0.381. The van der Waals surface area contributed by atoms with E-state index in [9.17, 15) is 4.79 Å². The molecule has 0 bridgehead atoms. The summed E-state index contributed by atoms with van der Waals surface area (Å²) >= 11 is 0. The van der Waals surface area contributed by atoms with Gasteiger partial charge in [-0.15, -0.1) is 0 Å². The maximum Gasteiger partial charge on any atom is 0.421 e. The van der Waals surface area contributed by atoms with E-state index in [1.807, 2.05) is 0 Å². The summed E-state index contributed by atoms with van der Waals surface area (Å²) in [4.78, 5) is 16.0. The first-order valence-electron chi connectivity index (χ1n) is 6.43. The van der Waals surface area contributed by atoms with Crippen LogP contribution in [0, 0.1) is 0 Å². The Bertz CT molecular complexity index is 576. The van der Waals surface area contributed by atoms with Gasteiger partial charge >= 0.3 is 5.76 Å². The Labute approximate surface area is 111 Å². The second kappa shape index (κ2) is 6.49. The average Bonchev–Trinajstić information content (AvgIpc) is 2.73. The van der Waals surface area contributed by atoms with Crippen LogP contribution in [0.2, 0.25) is 0 Å². The van der Waals surface area contributed by atoms with Crippen molar-refractivity contribution < 1.29 is 9.15 Å². The zero-order valence-corrected chi connectivity index (χ0v) is 11.3. The fourth-order valence-electron chi connectivity index (χ4n) is 2.01. The monoisotopic (exact) mass is 265 g/mol. The Morgan fingerprint density at radius 1 is 1.58 bits per heavy atom. The van der Waals surface area contributed by atoms with Crippen LogP contribution >= 0.6 is 0 Å². The topological polar surface area (TPSA) is 69.3 Å². The van der Waals surface area contributed by atoms with Gasteiger partial charge in [0, 0.05) is 25.9 Å². The van der Waals surface area contributed by atoms with Gasteiger partial charge in [-0.25, -0.2) is 9.78 Å². The van der Waals surface area contributed by atoms with E-state index in [0.29, 0.717) is 24.4 Å². The number of methoxy groups -OCH3 is 1. The molecule has 0 aromatic carbocycles. The zero-order chi connectivity index (χ0) is 13.7. The SMILES string of the molecule is CCCNC(COC)Cn1c(=O)oc2cccnc21. The summed E-state index contributed by atoms with van der Waals surface area (Å²) < 4.78 is 11.9. The predicted octanol–water partition coefficient (Wildman–Crippen LogP) is 1.00. The highest BCUT2D eigenvalue weighted by atomic mass is 16.5. The average molecular weight is 265 g/mol. The summed E-state index contributed by atoms with van der Waals surface area (Å²) in [5.74, 6) is -0.381. The standard InChI is InChI=1S/C13H19N3O3/c1-3-6-14-10(9-18-2)8-16-12-11(19-13(16)17)5-4-7-15-12/h4-5,7,10,14H,3,6,8-9H2,1-2H3. The maximum atomic E-state index is 11.8. The number of oxazole rings is 1. The van der Waals surface area contributed by atoms with Crippen molar-refractivity contribution in [3.8, 4) is 0 Å². The van der Waals surface area contributed by atoms with E-state index in [2.05, 4.69) is 17.2 Å². The van der Waals surface area contributed by atoms with Crippen LogP contribution in [0.15, 0.2) is 27.5 Å². The maximum absolute atomic E-state index is 11.8. The molecule has 1 N–H and O–H groups in total. The molecule has 6 nitrogen and oxygen atoms in total. The van der Waals surface area contributed by atoms with Gasteiger partial charge in [0.1, 0.15) is 0 Å². The summed E-state index contributed by atoms with van der Waals surface area (Å²) in [6.45, 7) is 3.99. The molecule has 0 aliphatic heterocycles. The lowest BCUT2D eigenvalue weighted by Gasteiger charge is -2.17. The number of rotatable bonds is 7. The molecule has 0 saturated carbocycles. The van der Waals surface area contributed by atoms with Crippen molar-refractivity contribution in [1.29, 1.82) is 0 Å². The van der Waals surface area contributed by atoms with Crippen molar-refractivity contribution in [1.82, 2.24) is 14.9 Å². The third-order valence-electron chi connectivity index (χ3n) is 2.88. The van der Waals surface area contributed by atoms with E-state index in [-0.39, 0.29) is 11.8 Å². The Morgan fingerprint density at radius 2 is 2.42 bits per heavy atom. The molecule has 2 aromatic heterocycles. The largest absolute Gasteiger partial charge is 0.421 e. The third kappa shape index (κ3) is 3.21. The first-order chi connectivity index (χ1) is 9.26. The van der Waals surface area contributed by atoms with Gasteiger partial charge in [-0.2, -0.15) is 0 Å². The van der Waals surface area contributed by atoms with Gasteiger partial charge in [0.15, 0.2) is 11.2 Å². The van der Waals surface area contributed by atoms with Crippen molar-refractivity contribution in [3.63, 3.8) is 0 Å². The molecule has 0 saturated heterocycles. The van der Waals surface area contributed by atoms with Gasteiger partial charge in [0.05, 0.1) is 6.61 Å². The molecule has 0 spiro atoms. The number of ether oxygens (including phenoxy) is 1. The lowest BCUT2D eigenvalue weighted by atomic mass is 10.3. The van der Waals surface area contributed by atoms with Crippen molar-refractivity contribution in [2.24, 2.45) is 0 Å². The minimum absolute atomic E-state index is 0.0606. The highest BCUT2D eigenvalue weighted by Crippen LogP contribution is 2.09. The van der Waals surface area contributed by atoms with Gasteiger partial charge in [0.25, 0.3) is 0 Å². The van der Waals surface area contributed by atoms with E-state index in [1.165, 1.54) is 0 Å². The van der Waals surface area contributed by atoms with E-state index in [0.717, 1.165) is 13.0 Å². The Balaban J connectivity index is 2.22. The first kappa shape index (κ1) is 13.8. The van der Waals surface area contributed by atoms with Crippen molar-refractivity contribution in [2.45, 2.75) is 25.9 Å². The molecule has 0 radical (unpaired) electrons. The number of fused-ring (bicyclic) bond motifs is 1. The number of hydrogen-bond acceptors (Lipinski definition) is 5.